The summed E-state index contributed by atoms with van der Waals surface area (Å²) in [5, 5.41) is 4.43. The van der Waals surface area contributed by atoms with Crippen molar-refractivity contribution in [2.24, 2.45) is 0 Å². The minimum atomic E-state index is -0.335. The van der Waals surface area contributed by atoms with Gasteiger partial charge in [0.15, 0.2) is 0 Å². The predicted molar refractivity (Wildman–Crippen MR) is 83.9 cm³/mol. The van der Waals surface area contributed by atoms with Crippen LogP contribution in [0.15, 0.2) is 36.4 Å². The van der Waals surface area contributed by atoms with Crippen molar-refractivity contribution >= 4 is 23.2 Å². The number of halogens is 3. The van der Waals surface area contributed by atoms with E-state index in [1.807, 2.05) is 18.2 Å². The van der Waals surface area contributed by atoms with Gasteiger partial charge in [-0.1, -0.05) is 36.2 Å². The highest BCUT2D eigenvalue weighted by atomic mass is 35.5. The molecule has 1 N–H and O–H groups in total. The molecule has 0 saturated carbocycles. The van der Waals surface area contributed by atoms with Crippen molar-refractivity contribution in [1.29, 1.82) is 0 Å². The van der Waals surface area contributed by atoms with Crippen LogP contribution in [0.5, 0.6) is 0 Å². The first-order valence-electron chi connectivity index (χ1n) is 6.56. The lowest BCUT2D eigenvalue weighted by Crippen LogP contribution is -2.14. The van der Waals surface area contributed by atoms with Crippen LogP contribution in [0.4, 0.5) is 4.39 Å². The lowest BCUT2D eigenvalue weighted by atomic mass is 9.99. The molecule has 0 radical (unpaired) electrons. The molecule has 0 amide bonds. The van der Waals surface area contributed by atoms with Gasteiger partial charge in [0.2, 0.25) is 0 Å². The SMILES string of the molecule is CCCNCc1cc(Cl)ccc1-c1ccc(F)cc1Cl. The van der Waals surface area contributed by atoms with E-state index in [2.05, 4.69) is 12.2 Å². The summed E-state index contributed by atoms with van der Waals surface area (Å²) in [6.07, 6.45) is 1.06. The van der Waals surface area contributed by atoms with Crippen LogP contribution in [-0.2, 0) is 6.54 Å². The first kappa shape index (κ1) is 15.3. The molecule has 0 bridgehead atoms. The summed E-state index contributed by atoms with van der Waals surface area (Å²) >= 11 is 12.2. The number of hydrogen-bond acceptors (Lipinski definition) is 1. The van der Waals surface area contributed by atoms with Crippen LogP contribution in [0.1, 0.15) is 18.9 Å². The van der Waals surface area contributed by atoms with E-state index in [9.17, 15) is 4.39 Å². The normalized spacial score (nSPS) is 10.8. The molecule has 2 aromatic carbocycles. The Kier molecular flexibility index (Phi) is 5.41. The molecule has 0 fully saturated rings. The number of benzene rings is 2. The van der Waals surface area contributed by atoms with Crippen LogP contribution in [0.25, 0.3) is 11.1 Å². The quantitative estimate of drug-likeness (QED) is 0.739. The van der Waals surface area contributed by atoms with Crippen molar-refractivity contribution in [3.63, 3.8) is 0 Å². The third-order valence-corrected chi connectivity index (χ3v) is 3.58. The topological polar surface area (TPSA) is 12.0 Å². The Morgan fingerprint density at radius 3 is 2.50 bits per heavy atom. The molecule has 0 aromatic heterocycles. The molecule has 0 heterocycles. The second kappa shape index (κ2) is 7.07. The molecular weight excluding hydrogens is 296 g/mol. The van der Waals surface area contributed by atoms with Crippen LogP contribution >= 0.6 is 23.2 Å². The molecule has 0 atom stereocenters. The van der Waals surface area contributed by atoms with Gasteiger partial charge in [-0.25, -0.2) is 4.39 Å². The Balaban J connectivity index is 2.39. The number of hydrogen-bond donors (Lipinski definition) is 1. The van der Waals surface area contributed by atoms with E-state index in [1.165, 1.54) is 12.1 Å². The van der Waals surface area contributed by atoms with Gasteiger partial charge in [0.05, 0.1) is 5.02 Å². The molecule has 0 aliphatic rings. The molecule has 20 heavy (non-hydrogen) atoms. The zero-order chi connectivity index (χ0) is 14.5. The van der Waals surface area contributed by atoms with E-state index in [0.717, 1.165) is 29.7 Å². The van der Waals surface area contributed by atoms with Gasteiger partial charge >= 0.3 is 0 Å². The highest BCUT2D eigenvalue weighted by Crippen LogP contribution is 2.32. The third-order valence-electron chi connectivity index (χ3n) is 3.03. The van der Waals surface area contributed by atoms with Crippen LogP contribution in [-0.4, -0.2) is 6.54 Å². The van der Waals surface area contributed by atoms with E-state index in [4.69, 9.17) is 23.2 Å². The van der Waals surface area contributed by atoms with Crippen LogP contribution in [0, 0.1) is 5.82 Å². The zero-order valence-electron chi connectivity index (χ0n) is 11.2. The van der Waals surface area contributed by atoms with Gasteiger partial charge in [0, 0.05) is 17.1 Å². The molecule has 1 nitrogen and oxygen atoms in total. The maximum Gasteiger partial charge on any atom is 0.124 e. The minimum Gasteiger partial charge on any atom is -0.313 e. The van der Waals surface area contributed by atoms with E-state index >= 15 is 0 Å². The Morgan fingerprint density at radius 2 is 1.80 bits per heavy atom. The average molecular weight is 312 g/mol. The number of rotatable bonds is 5. The monoisotopic (exact) mass is 311 g/mol. The molecule has 106 valence electrons. The van der Waals surface area contributed by atoms with E-state index in [-0.39, 0.29) is 5.82 Å². The molecule has 0 aliphatic heterocycles. The molecule has 0 aliphatic carbocycles. The highest BCUT2D eigenvalue weighted by molar-refractivity contribution is 6.33. The van der Waals surface area contributed by atoms with Crippen molar-refractivity contribution in [1.82, 2.24) is 5.32 Å². The maximum absolute atomic E-state index is 13.2. The summed E-state index contributed by atoms with van der Waals surface area (Å²) in [5.41, 5.74) is 2.85. The van der Waals surface area contributed by atoms with Gasteiger partial charge < -0.3 is 5.32 Å². The molecule has 0 spiro atoms. The summed E-state index contributed by atoms with van der Waals surface area (Å²) in [6.45, 7) is 3.75. The van der Waals surface area contributed by atoms with E-state index in [1.54, 1.807) is 6.07 Å². The van der Waals surface area contributed by atoms with Crippen molar-refractivity contribution < 1.29 is 4.39 Å². The second-order valence-corrected chi connectivity index (χ2v) is 5.45. The molecule has 2 aromatic rings. The van der Waals surface area contributed by atoms with Gasteiger partial charge in [-0.2, -0.15) is 0 Å². The Bertz CT molecular complexity index is 599. The van der Waals surface area contributed by atoms with Crippen LogP contribution in [0.3, 0.4) is 0 Å². The van der Waals surface area contributed by atoms with E-state index in [0.29, 0.717) is 16.6 Å². The van der Waals surface area contributed by atoms with Gasteiger partial charge in [0.1, 0.15) is 5.82 Å². The Labute approximate surface area is 128 Å². The standard InChI is InChI=1S/C16H16Cl2FN/c1-2-7-20-10-11-8-12(17)3-5-14(11)15-6-4-13(19)9-16(15)18/h3-6,8-9,20H,2,7,10H2,1H3. The summed E-state index contributed by atoms with van der Waals surface area (Å²) in [6, 6.07) is 10.1. The zero-order valence-corrected chi connectivity index (χ0v) is 12.7. The van der Waals surface area contributed by atoms with Gasteiger partial charge in [-0.15, -0.1) is 0 Å². The fourth-order valence-electron chi connectivity index (χ4n) is 2.08. The summed E-state index contributed by atoms with van der Waals surface area (Å²) in [5.74, 6) is -0.335. The fraction of sp³-hybridized carbons (Fsp3) is 0.250. The van der Waals surface area contributed by atoms with Gasteiger partial charge in [-0.05, 0) is 54.4 Å². The van der Waals surface area contributed by atoms with Gasteiger partial charge in [-0.3, -0.25) is 0 Å². The molecule has 0 unspecified atom stereocenters. The minimum absolute atomic E-state index is 0.335. The third kappa shape index (κ3) is 3.72. The first-order valence-corrected chi connectivity index (χ1v) is 7.32. The largest absolute Gasteiger partial charge is 0.313 e. The van der Waals surface area contributed by atoms with Gasteiger partial charge in [0.25, 0.3) is 0 Å². The lowest BCUT2D eigenvalue weighted by Gasteiger charge is -2.12. The highest BCUT2D eigenvalue weighted by Gasteiger charge is 2.10. The van der Waals surface area contributed by atoms with Crippen LogP contribution in [0.2, 0.25) is 10.0 Å². The Morgan fingerprint density at radius 1 is 1.05 bits per heavy atom. The average Bonchev–Trinajstić information content (AvgIpc) is 2.40. The van der Waals surface area contributed by atoms with Crippen molar-refractivity contribution in [2.75, 3.05) is 6.54 Å². The Hall–Kier alpha value is -1.09. The van der Waals surface area contributed by atoms with Crippen molar-refractivity contribution in [3.05, 3.63) is 57.8 Å². The van der Waals surface area contributed by atoms with Crippen molar-refractivity contribution in [2.45, 2.75) is 19.9 Å². The van der Waals surface area contributed by atoms with Crippen molar-refractivity contribution in [3.8, 4) is 11.1 Å². The molecule has 0 saturated heterocycles. The predicted octanol–water partition coefficient (Wildman–Crippen LogP) is 5.30. The molecule has 2 rings (SSSR count). The first-order chi connectivity index (χ1) is 9.61. The fourth-order valence-corrected chi connectivity index (χ4v) is 2.54. The lowest BCUT2D eigenvalue weighted by molar-refractivity contribution is 0.628. The molecule has 4 heteroatoms. The molecular formula is C16H16Cl2FN. The number of nitrogens with one attached hydrogen (secondary N) is 1. The second-order valence-electron chi connectivity index (χ2n) is 4.60. The smallest absolute Gasteiger partial charge is 0.124 e. The summed E-state index contributed by atoms with van der Waals surface area (Å²) in [4.78, 5) is 0. The van der Waals surface area contributed by atoms with Crippen LogP contribution < -0.4 is 5.32 Å². The summed E-state index contributed by atoms with van der Waals surface area (Å²) in [7, 11) is 0. The summed E-state index contributed by atoms with van der Waals surface area (Å²) < 4.78 is 13.2. The maximum atomic E-state index is 13.2. The van der Waals surface area contributed by atoms with E-state index < -0.39 is 0 Å².